The van der Waals surface area contributed by atoms with E-state index in [-0.39, 0.29) is 5.97 Å². The highest BCUT2D eigenvalue weighted by atomic mass is 127. The Morgan fingerprint density at radius 1 is 1.21 bits per heavy atom. The molecule has 0 atom stereocenters. The molecule has 0 radical (unpaired) electrons. The highest BCUT2D eigenvalue weighted by Crippen LogP contribution is 2.30. The van der Waals surface area contributed by atoms with Crippen LogP contribution >= 0.6 is 35.2 Å². The van der Waals surface area contributed by atoms with Gasteiger partial charge < -0.3 is 9.47 Å². The van der Waals surface area contributed by atoms with Gasteiger partial charge in [0.05, 0.1) is 0 Å². The van der Waals surface area contributed by atoms with Gasteiger partial charge in [-0.05, 0) is 65.3 Å². The van der Waals surface area contributed by atoms with E-state index < -0.39 is 0 Å². The lowest BCUT2D eigenvalue weighted by Crippen LogP contribution is -2.09. The van der Waals surface area contributed by atoms with Crippen LogP contribution in [0.5, 0.6) is 11.5 Å². The van der Waals surface area contributed by atoms with Crippen molar-refractivity contribution in [3.63, 3.8) is 0 Å². The van der Waals surface area contributed by atoms with Crippen LogP contribution in [-0.2, 0) is 17.8 Å². The third-order valence-corrected chi connectivity index (χ3v) is 5.14. The van der Waals surface area contributed by atoms with E-state index in [2.05, 4.69) is 48.2 Å². The van der Waals surface area contributed by atoms with Crippen molar-refractivity contribution in [1.82, 2.24) is 0 Å². The number of rotatable bonds is 6. The molecule has 0 fully saturated rings. The fourth-order valence-corrected chi connectivity index (χ4v) is 3.37. The molecule has 0 saturated heterocycles. The van der Waals surface area contributed by atoms with Crippen LogP contribution in [-0.4, -0.2) is 5.97 Å². The minimum Gasteiger partial charge on any atom is -0.488 e. The Morgan fingerprint density at radius 2 is 1.96 bits per heavy atom. The molecule has 2 rings (SSSR count). The summed E-state index contributed by atoms with van der Waals surface area (Å²) in [6.07, 6.45) is 1.32. The monoisotopic (exact) mass is 456 g/mol. The number of carbonyl (C=O) groups is 1. The van der Waals surface area contributed by atoms with Crippen LogP contribution in [0.3, 0.4) is 0 Å². The van der Waals surface area contributed by atoms with Crippen LogP contribution < -0.4 is 9.47 Å². The van der Waals surface area contributed by atoms with Gasteiger partial charge in [-0.15, -0.1) is 12.6 Å². The summed E-state index contributed by atoms with van der Waals surface area (Å²) in [7, 11) is 0. The van der Waals surface area contributed by atoms with Crippen molar-refractivity contribution in [2.75, 3.05) is 0 Å². The van der Waals surface area contributed by atoms with Crippen LogP contribution in [0.15, 0.2) is 35.2 Å². The fourth-order valence-electron chi connectivity index (χ4n) is 2.29. The molecular weight excluding hydrogens is 435 g/mol. The molecule has 2 aromatic rings. The second-order valence-electron chi connectivity index (χ2n) is 5.43. The molecular formula is C19H21IO3S. The highest BCUT2D eigenvalue weighted by molar-refractivity contribution is 14.1. The van der Waals surface area contributed by atoms with Crippen molar-refractivity contribution in [2.45, 2.75) is 45.1 Å². The lowest BCUT2D eigenvalue weighted by molar-refractivity contribution is -0.134. The number of benzene rings is 2. The minimum atomic E-state index is -0.270. The lowest BCUT2D eigenvalue weighted by Gasteiger charge is -2.15. The first-order valence-corrected chi connectivity index (χ1v) is 9.42. The van der Waals surface area contributed by atoms with Crippen LogP contribution in [0.2, 0.25) is 0 Å². The lowest BCUT2D eigenvalue weighted by atomic mass is 10.1. The molecule has 0 aliphatic heterocycles. The number of thiol groups is 1. The number of hydrogen-bond acceptors (Lipinski definition) is 4. The Labute approximate surface area is 162 Å². The summed E-state index contributed by atoms with van der Waals surface area (Å²) in [6, 6.07) is 9.65. The van der Waals surface area contributed by atoms with Gasteiger partial charge in [0.15, 0.2) is 0 Å². The molecule has 0 aliphatic carbocycles. The van der Waals surface area contributed by atoms with Gasteiger partial charge in [0.1, 0.15) is 18.1 Å². The van der Waals surface area contributed by atoms with Crippen LogP contribution in [0, 0.1) is 10.5 Å². The molecule has 0 N–H and O–H groups in total. The fraction of sp³-hybridized carbons (Fsp3) is 0.316. The summed E-state index contributed by atoms with van der Waals surface area (Å²) in [5.41, 5.74) is 3.18. The Hall–Kier alpha value is -1.21. The summed E-state index contributed by atoms with van der Waals surface area (Å²) < 4.78 is 12.6. The molecule has 0 bridgehead atoms. The maximum atomic E-state index is 11.6. The third kappa shape index (κ3) is 4.66. The van der Waals surface area contributed by atoms with Crippen LogP contribution in [0.25, 0.3) is 0 Å². The zero-order chi connectivity index (χ0) is 17.7. The highest BCUT2D eigenvalue weighted by Gasteiger charge is 2.13. The number of carbonyl (C=O) groups excluding carboxylic acids is 1. The number of halogens is 1. The summed E-state index contributed by atoms with van der Waals surface area (Å²) in [5.74, 6) is 1.07. The van der Waals surface area contributed by atoms with E-state index >= 15 is 0 Å². The number of hydrogen-bond donors (Lipinski definition) is 1. The van der Waals surface area contributed by atoms with E-state index in [4.69, 9.17) is 9.47 Å². The predicted molar refractivity (Wildman–Crippen MR) is 107 cm³/mol. The summed E-state index contributed by atoms with van der Waals surface area (Å²) in [6.45, 7) is 6.25. The van der Waals surface area contributed by atoms with Gasteiger partial charge in [-0.2, -0.15) is 0 Å². The zero-order valence-electron chi connectivity index (χ0n) is 14.1. The van der Waals surface area contributed by atoms with E-state index in [0.717, 1.165) is 28.2 Å². The topological polar surface area (TPSA) is 35.5 Å². The molecule has 128 valence electrons. The number of ether oxygens (including phenoxy) is 2. The van der Waals surface area contributed by atoms with Gasteiger partial charge in [-0.3, -0.25) is 4.79 Å². The maximum Gasteiger partial charge on any atom is 0.310 e. The molecule has 0 spiro atoms. The van der Waals surface area contributed by atoms with Crippen molar-refractivity contribution in [2.24, 2.45) is 0 Å². The van der Waals surface area contributed by atoms with Crippen LogP contribution in [0.1, 0.15) is 37.0 Å². The Bertz CT molecular complexity index is 744. The Morgan fingerprint density at radius 3 is 2.62 bits per heavy atom. The minimum absolute atomic E-state index is 0.270. The van der Waals surface area contributed by atoms with Crippen LogP contribution in [0.4, 0.5) is 0 Å². The first kappa shape index (κ1) is 19.1. The maximum absolute atomic E-state index is 11.6. The van der Waals surface area contributed by atoms with E-state index in [0.29, 0.717) is 18.8 Å². The van der Waals surface area contributed by atoms with E-state index in [1.54, 1.807) is 13.0 Å². The van der Waals surface area contributed by atoms with Gasteiger partial charge in [0, 0.05) is 20.4 Å². The van der Waals surface area contributed by atoms with Crippen molar-refractivity contribution < 1.29 is 14.3 Å². The van der Waals surface area contributed by atoms with Gasteiger partial charge in [-0.1, -0.05) is 26.0 Å². The molecule has 3 nitrogen and oxygen atoms in total. The van der Waals surface area contributed by atoms with Crippen molar-refractivity contribution in [1.29, 1.82) is 0 Å². The average molecular weight is 456 g/mol. The quantitative estimate of drug-likeness (QED) is 0.276. The van der Waals surface area contributed by atoms with Crippen molar-refractivity contribution in [3.8, 4) is 11.5 Å². The molecule has 0 saturated carbocycles. The molecule has 0 amide bonds. The second kappa shape index (κ2) is 8.76. The van der Waals surface area contributed by atoms with Crippen molar-refractivity contribution >= 4 is 41.2 Å². The SMILES string of the molecule is CCC(=O)Oc1cccc(S)c1COc1cc(I)c(CC)cc1C. The standard InChI is InChI=1S/C19H21IO3S/c1-4-13-9-12(3)17(10-15(13)20)22-11-14-16(23-19(21)5-2)7-6-8-18(14)24/h6-10,24H,4-5,11H2,1-3H3. The van der Waals surface area contributed by atoms with E-state index in [1.165, 1.54) is 9.13 Å². The number of aryl methyl sites for hydroxylation is 2. The van der Waals surface area contributed by atoms with Gasteiger partial charge in [0.2, 0.25) is 0 Å². The van der Waals surface area contributed by atoms with Crippen molar-refractivity contribution in [3.05, 3.63) is 50.6 Å². The Balaban J connectivity index is 2.23. The smallest absolute Gasteiger partial charge is 0.310 e. The largest absolute Gasteiger partial charge is 0.488 e. The summed E-state index contributed by atoms with van der Waals surface area (Å²) in [4.78, 5) is 12.3. The Kier molecular flexibility index (Phi) is 6.98. The van der Waals surface area contributed by atoms with Gasteiger partial charge in [0.25, 0.3) is 0 Å². The zero-order valence-corrected chi connectivity index (χ0v) is 17.1. The number of esters is 1. The average Bonchev–Trinajstić information content (AvgIpc) is 2.56. The predicted octanol–water partition coefficient (Wildman–Crippen LogP) is 5.35. The summed E-state index contributed by atoms with van der Waals surface area (Å²) >= 11 is 6.80. The molecule has 5 heteroatoms. The van der Waals surface area contributed by atoms with E-state index in [1.807, 2.05) is 25.1 Å². The molecule has 0 aromatic heterocycles. The van der Waals surface area contributed by atoms with Gasteiger partial charge in [-0.25, -0.2) is 0 Å². The molecule has 0 heterocycles. The third-order valence-electron chi connectivity index (χ3n) is 3.72. The molecule has 0 unspecified atom stereocenters. The first-order valence-electron chi connectivity index (χ1n) is 7.89. The molecule has 24 heavy (non-hydrogen) atoms. The van der Waals surface area contributed by atoms with E-state index in [9.17, 15) is 4.79 Å². The normalized spacial score (nSPS) is 10.5. The van der Waals surface area contributed by atoms with Gasteiger partial charge >= 0.3 is 5.97 Å². The summed E-state index contributed by atoms with van der Waals surface area (Å²) in [5, 5.41) is 0. The molecule has 2 aromatic carbocycles. The second-order valence-corrected chi connectivity index (χ2v) is 7.08. The molecule has 0 aliphatic rings. The first-order chi connectivity index (χ1) is 11.5.